The van der Waals surface area contributed by atoms with Crippen LogP contribution in [0.2, 0.25) is 5.02 Å². The van der Waals surface area contributed by atoms with Gasteiger partial charge >= 0.3 is 0 Å². The predicted molar refractivity (Wildman–Crippen MR) is 158 cm³/mol. The summed E-state index contributed by atoms with van der Waals surface area (Å²) in [7, 11) is -2.69. The van der Waals surface area contributed by atoms with E-state index in [9.17, 15) is 18.0 Å². The highest BCUT2D eigenvalue weighted by atomic mass is 35.5. The van der Waals surface area contributed by atoms with Gasteiger partial charge in [0.1, 0.15) is 18.3 Å². The van der Waals surface area contributed by atoms with Crippen LogP contribution >= 0.6 is 11.6 Å². The minimum Gasteiger partial charge on any atom is -0.497 e. The van der Waals surface area contributed by atoms with Gasteiger partial charge in [0.25, 0.3) is 10.0 Å². The van der Waals surface area contributed by atoms with Crippen molar-refractivity contribution in [2.75, 3.05) is 24.5 Å². The molecule has 0 spiro atoms. The van der Waals surface area contributed by atoms with Gasteiger partial charge in [0, 0.05) is 17.1 Å². The molecule has 40 heavy (non-hydrogen) atoms. The number of ether oxygens (including phenoxy) is 1. The van der Waals surface area contributed by atoms with Crippen LogP contribution in [0.1, 0.15) is 33.3 Å². The third-order valence-electron chi connectivity index (χ3n) is 6.19. The number of methoxy groups -OCH3 is 1. The Kier molecular flexibility index (Phi) is 10.2. The minimum atomic E-state index is -4.18. The van der Waals surface area contributed by atoms with E-state index in [1.807, 2.05) is 51.1 Å². The third-order valence-corrected chi connectivity index (χ3v) is 8.23. The van der Waals surface area contributed by atoms with Crippen LogP contribution in [0.15, 0.2) is 83.8 Å². The molecule has 0 aliphatic rings. The minimum absolute atomic E-state index is 0.00888. The number of amides is 2. The van der Waals surface area contributed by atoms with E-state index >= 15 is 0 Å². The Morgan fingerprint density at radius 3 is 2.10 bits per heavy atom. The van der Waals surface area contributed by atoms with E-state index in [1.54, 1.807) is 43.3 Å². The van der Waals surface area contributed by atoms with Gasteiger partial charge in [-0.2, -0.15) is 0 Å². The van der Waals surface area contributed by atoms with Crippen LogP contribution in [0.4, 0.5) is 5.69 Å². The standard InChI is InChI=1S/C30H36ClN3O5S/c1-22(29(36)32-30(2,3)4)33(20-19-23-9-7-6-8-10-23)28(35)21-34(25-13-11-24(31)12-14-25)40(37,38)27-17-15-26(39-5)16-18-27/h6-18,22H,19-21H2,1-5H3,(H,32,36)/t22-/m0/s1. The number of hydrogen-bond acceptors (Lipinski definition) is 5. The molecule has 8 nitrogen and oxygen atoms in total. The van der Waals surface area contributed by atoms with Gasteiger partial charge in [-0.25, -0.2) is 8.42 Å². The van der Waals surface area contributed by atoms with Crippen molar-refractivity contribution in [1.29, 1.82) is 0 Å². The second-order valence-corrected chi connectivity index (χ2v) is 12.7. The zero-order chi connectivity index (χ0) is 29.5. The maximum atomic E-state index is 13.9. The topological polar surface area (TPSA) is 96.0 Å². The lowest BCUT2D eigenvalue weighted by atomic mass is 10.1. The maximum absolute atomic E-state index is 13.9. The molecule has 3 rings (SSSR count). The molecule has 0 heterocycles. The highest BCUT2D eigenvalue weighted by Gasteiger charge is 2.33. The van der Waals surface area contributed by atoms with E-state index in [4.69, 9.17) is 16.3 Å². The third kappa shape index (κ3) is 8.22. The van der Waals surface area contributed by atoms with Crippen LogP contribution < -0.4 is 14.4 Å². The average molecular weight is 586 g/mol. The first-order valence-corrected chi connectivity index (χ1v) is 14.7. The summed E-state index contributed by atoms with van der Waals surface area (Å²) in [5.74, 6) is -0.344. The monoisotopic (exact) mass is 585 g/mol. The van der Waals surface area contributed by atoms with Crippen molar-refractivity contribution in [2.45, 2.75) is 50.6 Å². The highest BCUT2D eigenvalue weighted by Crippen LogP contribution is 2.27. The molecule has 3 aromatic carbocycles. The van der Waals surface area contributed by atoms with Crippen LogP contribution in [-0.2, 0) is 26.0 Å². The van der Waals surface area contributed by atoms with Gasteiger partial charge in [-0.05, 0) is 88.2 Å². The summed E-state index contributed by atoms with van der Waals surface area (Å²) < 4.78 is 33.9. The van der Waals surface area contributed by atoms with Gasteiger partial charge in [0.2, 0.25) is 11.8 Å². The highest BCUT2D eigenvalue weighted by molar-refractivity contribution is 7.92. The van der Waals surface area contributed by atoms with Crippen molar-refractivity contribution >= 4 is 39.1 Å². The number of halogens is 1. The van der Waals surface area contributed by atoms with Crippen molar-refractivity contribution in [3.8, 4) is 5.75 Å². The first kappa shape index (κ1) is 31.0. The quantitative estimate of drug-likeness (QED) is 0.345. The number of hydrogen-bond donors (Lipinski definition) is 1. The molecule has 0 saturated carbocycles. The van der Waals surface area contributed by atoms with Gasteiger partial charge in [0.15, 0.2) is 0 Å². The Bertz CT molecular complexity index is 1390. The summed E-state index contributed by atoms with van der Waals surface area (Å²) in [6.45, 7) is 6.93. The lowest BCUT2D eigenvalue weighted by molar-refractivity contribution is -0.139. The molecule has 214 valence electrons. The Morgan fingerprint density at radius 2 is 1.55 bits per heavy atom. The lowest BCUT2D eigenvalue weighted by Crippen LogP contribution is -2.55. The Morgan fingerprint density at radius 1 is 0.950 bits per heavy atom. The summed E-state index contributed by atoms with van der Waals surface area (Å²) in [6, 6.07) is 20.9. The number of carbonyl (C=O) groups is 2. The summed E-state index contributed by atoms with van der Waals surface area (Å²) in [4.78, 5) is 28.4. The SMILES string of the molecule is COc1ccc(S(=O)(=O)N(CC(=O)N(CCc2ccccc2)[C@@H](C)C(=O)NC(C)(C)C)c2ccc(Cl)cc2)cc1. The molecular formula is C30H36ClN3O5S. The van der Waals surface area contributed by atoms with Crippen molar-refractivity contribution in [3.05, 3.63) is 89.4 Å². The molecule has 0 fully saturated rings. The molecule has 1 atom stereocenters. The van der Waals surface area contributed by atoms with Crippen LogP contribution in [0.3, 0.4) is 0 Å². The van der Waals surface area contributed by atoms with Gasteiger partial charge in [-0.15, -0.1) is 0 Å². The number of benzene rings is 3. The van der Waals surface area contributed by atoms with E-state index in [2.05, 4.69) is 5.32 Å². The molecule has 0 bridgehead atoms. The van der Waals surface area contributed by atoms with Crippen molar-refractivity contribution in [3.63, 3.8) is 0 Å². The molecule has 0 aromatic heterocycles. The van der Waals surface area contributed by atoms with Crippen molar-refractivity contribution in [1.82, 2.24) is 10.2 Å². The van der Waals surface area contributed by atoms with E-state index in [0.717, 1.165) is 9.87 Å². The lowest BCUT2D eigenvalue weighted by Gasteiger charge is -2.33. The Balaban J connectivity index is 1.98. The fourth-order valence-electron chi connectivity index (χ4n) is 4.06. The molecule has 2 amide bonds. The number of anilines is 1. The zero-order valence-corrected chi connectivity index (χ0v) is 25.0. The smallest absolute Gasteiger partial charge is 0.264 e. The molecular weight excluding hydrogens is 550 g/mol. The van der Waals surface area contributed by atoms with Crippen molar-refractivity contribution in [2.24, 2.45) is 0 Å². The molecule has 0 aliphatic heterocycles. The number of rotatable bonds is 11. The van der Waals surface area contributed by atoms with E-state index in [1.165, 1.54) is 24.1 Å². The van der Waals surface area contributed by atoms with Crippen LogP contribution in [0.25, 0.3) is 0 Å². The second kappa shape index (κ2) is 13.2. The first-order valence-electron chi connectivity index (χ1n) is 12.9. The van der Waals surface area contributed by atoms with Crippen LogP contribution in [0.5, 0.6) is 5.75 Å². The van der Waals surface area contributed by atoms with Crippen molar-refractivity contribution < 1.29 is 22.7 Å². The first-order chi connectivity index (χ1) is 18.8. The Labute approximate surface area is 241 Å². The maximum Gasteiger partial charge on any atom is 0.264 e. The summed E-state index contributed by atoms with van der Waals surface area (Å²) >= 11 is 6.06. The molecule has 1 N–H and O–H groups in total. The fourth-order valence-corrected chi connectivity index (χ4v) is 5.60. The fraction of sp³-hybridized carbons (Fsp3) is 0.333. The molecule has 3 aromatic rings. The van der Waals surface area contributed by atoms with Crippen LogP contribution in [0, 0.1) is 0 Å². The Hall–Kier alpha value is -3.56. The molecule has 0 aliphatic carbocycles. The number of sulfonamides is 1. The molecule has 0 saturated heterocycles. The second-order valence-electron chi connectivity index (χ2n) is 10.4. The normalized spacial score (nSPS) is 12.3. The average Bonchev–Trinajstić information content (AvgIpc) is 2.92. The number of nitrogens with one attached hydrogen (secondary N) is 1. The zero-order valence-electron chi connectivity index (χ0n) is 23.4. The van der Waals surface area contributed by atoms with E-state index in [-0.39, 0.29) is 23.0 Å². The van der Waals surface area contributed by atoms with Gasteiger partial charge in [-0.3, -0.25) is 13.9 Å². The van der Waals surface area contributed by atoms with Gasteiger partial charge < -0.3 is 15.0 Å². The van der Waals surface area contributed by atoms with E-state index in [0.29, 0.717) is 17.2 Å². The van der Waals surface area contributed by atoms with Crippen LogP contribution in [-0.4, -0.2) is 56.9 Å². The molecule has 0 unspecified atom stereocenters. The summed E-state index contributed by atoms with van der Waals surface area (Å²) in [6.07, 6.45) is 0.492. The summed E-state index contributed by atoms with van der Waals surface area (Å²) in [5, 5.41) is 3.34. The van der Waals surface area contributed by atoms with E-state index < -0.39 is 34.1 Å². The predicted octanol–water partition coefficient (Wildman–Crippen LogP) is 4.92. The molecule has 10 heteroatoms. The molecule has 0 radical (unpaired) electrons. The number of nitrogens with zero attached hydrogens (tertiary/aromatic N) is 2. The number of carbonyl (C=O) groups excluding carboxylic acids is 2. The van der Waals surface area contributed by atoms with Gasteiger partial charge in [0.05, 0.1) is 17.7 Å². The largest absolute Gasteiger partial charge is 0.497 e. The van der Waals surface area contributed by atoms with Gasteiger partial charge in [-0.1, -0.05) is 41.9 Å². The summed E-state index contributed by atoms with van der Waals surface area (Å²) in [5.41, 5.74) is 0.750.